The highest BCUT2D eigenvalue weighted by atomic mass is 32.2. The summed E-state index contributed by atoms with van der Waals surface area (Å²) in [7, 11) is -7.76. The number of hydrogen-bond acceptors (Lipinski definition) is 4. The maximum atomic E-state index is 12.1. The minimum absolute atomic E-state index is 0.0946. The maximum absolute atomic E-state index is 12.1. The zero-order valence-electron chi connectivity index (χ0n) is 11.7. The van der Waals surface area contributed by atoms with E-state index in [2.05, 4.69) is 9.12 Å². The Balaban J connectivity index is 2.26. The predicted molar refractivity (Wildman–Crippen MR) is 86.7 cm³/mol. The smallest absolute Gasteiger partial charge is 0.285 e. The van der Waals surface area contributed by atoms with Gasteiger partial charge in [-0.1, -0.05) is 18.2 Å². The van der Waals surface area contributed by atoms with Gasteiger partial charge in [-0.2, -0.15) is 8.42 Å². The molecule has 10 heteroatoms. The molecule has 2 aromatic carbocycles. The zero-order valence-corrected chi connectivity index (χ0v) is 13.4. The molecule has 0 radical (unpaired) electrons. The van der Waals surface area contributed by atoms with E-state index in [1.807, 2.05) is 0 Å². The van der Waals surface area contributed by atoms with Crippen LogP contribution in [-0.2, 0) is 20.0 Å². The summed E-state index contributed by atoms with van der Waals surface area (Å²) < 4.78 is 53.3. The van der Waals surface area contributed by atoms with Crippen LogP contribution < -0.4 is 16.2 Å². The van der Waals surface area contributed by atoms with Gasteiger partial charge in [0.05, 0.1) is 9.79 Å². The fourth-order valence-electron chi connectivity index (χ4n) is 1.70. The second-order valence-electron chi connectivity index (χ2n) is 4.43. The van der Waals surface area contributed by atoms with Gasteiger partial charge < -0.3 is 11.5 Å². The molecule has 0 saturated heterocycles. The Kier molecular flexibility index (Phi) is 4.57. The molecule has 0 aliphatic carbocycles. The average molecular weight is 354 g/mol. The molecule has 23 heavy (non-hydrogen) atoms. The standard InChI is InChI=1S/C13H14N4O4S2/c14-13(15)17-23(20,21)12-8-6-10(7-9-12)16-22(18,19)11-4-2-1-3-5-11/h1-9,16H,(H4,14,15,17). The molecule has 5 N–H and O–H groups in total. The number of anilines is 1. The summed E-state index contributed by atoms with van der Waals surface area (Å²) in [5.41, 5.74) is 10.3. The largest absolute Gasteiger partial charge is 0.369 e. The summed E-state index contributed by atoms with van der Waals surface area (Å²) in [5.74, 6) is -0.584. The van der Waals surface area contributed by atoms with Crippen LogP contribution in [-0.4, -0.2) is 22.8 Å². The molecule has 122 valence electrons. The number of nitrogens with two attached hydrogens (primary N) is 2. The Morgan fingerprint density at radius 1 is 0.826 bits per heavy atom. The fourth-order valence-corrected chi connectivity index (χ4v) is 3.64. The van der Waals surface area contributed by atoms with Crippen molar-refractivity contribution in [3.05, 3.63) is 54.6 Å². The molecule has 8 nitrogen and oxygen atoms in total. The maximum Gasteiger partial charge on any atom is 0.285 e. The van der Waals surface area contributed by atoms with Crippen LogP contribution in [0, 0.1) is 0 Å². The lowest BCUT2D eigenvalue weighted by Crippen LogP contribution is -2.24. The number of sulfonamides is 2. The van der Waals surface area contributed by atoms with Gasteiger partial charge in [0.25, 0.3) is 20.0 Å². The molecule has 2 rings (SSSR count). The lowest BCUT2D eigenvalue weighted by atomic mass is 10.3. The van der Waals surface area contributed by atoms with E-state index >= 15 is 0 Å². The van der Waals surface area contributed by atoms with Gasteiger partial charge in [-0.3, -0.25) is 4.72 Å². The Bertz CT molecular complexity index is 918. The van der Waals surface area contributed by atoms with Crippen molar-refractivity contribution in [2.45, 2.75) is 9.79 Å². The summed E-state index contributed by atoms with van der Waals surface area (Å²) in [6.07, 6.45) is 0. The molecule has 0 saturated carbocycles. The Morgan fingerprint density at radius 3 is 1.91 bits per heavy atom. The molecule has 0 spiro atoms. The number of rotatable bonds is 5. The van der Waals surface area contributed by atoms with Crippen LogP contribution in [0.4, 0.5) is 5.69 Å². The summed E-state index contributed by atoms with van der Waals surface area (Å²) in [6, 6.07) is 12.8. The van der Waals surface area contributed by atoms with E-state index in [9.17, 15) is 16.8 Å². The van der Waals surface area contributed by atoms with Gasteiger partial charge in [0.1, 0.15) is 0 Å². The molecule has 0 bridgehead atoms. The lowest BCUT2D eigenvalue weighted by molar-refractivity contribution is 0.597. The van der Waals surface area contributed by atoms with Crippen molar-refractivity contribution >= 4 is 31.7 Å². The topological polar surface area (TPSA) is 145 Å². The fraction of sp³-hybridized carbons (Fsp3) is 0. The molecule has 0 heterocycles. The van der Waals surface area contributed by atoms with Gasteiger partial charge >= 0.3 is 0 Å². The third-order valence-corrected chi connectivity index (χ3v) is 5.40. The second kappa shape index (κ2) is 6.26. The van der Waals surface area contributed by atoms with Gasteiger partial charge in [0, 0.05) is 5.69 Å². The van der Waals surface area contributed by atoms with Gasteiger partial charge in [-0.25, -0.2) is 8.42 Å². The quantitative estimate of drug-likeness (QED) is 0.525. The van der Waals surface area contributed by atoms with Gasteiger partial charge in [-0.05, 0) is 36.4 Å². The van der Waals surface area contributed by atoms with Gasteiger partial charge in [0.15, 0.2) is 0 Å². The van der Waals surface area contributed by atoms with Crippen LogP contribution in [0.15, 0.2) is 68.8 Å². The Hall–Kier alpha value is -2.59. The first-order valence-electron chi connectivity index (χ1n) is 6.24. The van der Waals surface area contributed by atoms with Crippen LogP contribution in [0.5, 0.6) is 0 Å². The van der Waals surface area contributed by atoms with E-state index in [4.69, 9.17) is 11.5 Å². The number of hydrogen-bond donors (Lipinski definition) is 3. The predicted octanol–water partition coefficient (Wildman–Crippen LogP) is 0.450. The summed E-state index contributed by atoms with van der Waals surface area (Å²) in [5, 5.41) is 0. The first kappa shape index (κ1) is 16.8. The number of benzene rings is 2. The number of guanidine groups is 1. The third-order valence-electron chi connectivity index (χ3n) is 2.68. The SMILES string of the molecule is NC(N)=NS(=O)(=O)c1ccc(NS(=O)(=O)c2ccccc2)cc1. The average Bonchev–Trinajstić information content (AvgIpc) is 2.47. The highest BCUT2D eigenvalue weighted by Crippen LogP contribution is 2.19. The van der Waals surface area contributed by atoms with Crippen molar-refractivity contribution in [3.63, 3.8) is 0 Å². The summed E-state index contributed by atoms with van der Waals surface area (Å²) >= 11 is 0. The molecule has 0 aliphatic rings. The summed E-state index contributed by atoms with van der Waals surface area (Å²) in [6.45, 7) is 0. The highest BCUT2D eigenvalue weighted by molar-refractivity contribution is 7.92. The molecule has 0 aliphatic heterocycles. The second-order valence-corrected chi connectivity index (χ2v) is 7.72. The molecule has 2 aromatic rings. The molecular weight excluding hydrogens is 340 g/mol. The van der Waals surface area contributed by atoms with Crippen LogP contribution >= 0.6 is 0 Å². The van der Waals surface area contributed by atoms with Crippen molar-refractivity contribution in [3.8, 4) is 0 Å². The molecule has 0 unspecified atom stereocenters. The van der Waals surface area contributed by atoms with E-state index < -0.39 is 26.0 Å². The lowest BCUT2D eigenvalue weighted by Gasteiger charge is -2.08. The first-order chi connectivity index (χ1) is 10.7. The minimum atomic E-state index is -4.01. The summed E-state index contributed by atoms with van der Waals surface area (Å²) in [4.78, 5) is -0.0641. The van der Waals surface area contributed by atoms with Crippen molar-refractivity contribution in [1.82, 2.24) is 0 Å². The van der Waals surface area contributed by atoms with Crippen LogP contribution in [0.3, 0.4) is 0 Å². The van der Waals surface area contributed by atoms with Crippen LogP contribution in [0.2, 0.25) is 0 Å². The highest BCUT2D eigenvalue weighted by Gasteiger charge is 2.16. The van der Waals surface area contributed by atoms with Gasteiger partial charge in [0.2, 0.25) is 5.96 Å². The minimum Gasteiger partial charge on any atom is -0.369 e. The molecule has 0 fully saturated rings. The normalized spacial score (nSPS) is 11.7. The van der Waals surface area contributed by atoms with Crippen molar-refractivity contribution in [1.29, 1.82) is 0 Å². The van der Waals surface area contributed by atoms with Crippen LogP contribution in [0.25, 0.3) is 0 Å². The van der Waals surface area contributed by atoms with Crippen molar-refractivity contribution in [2.75, 3.05) is 4.72 Å². The van der Waals surface area contributed by atoms with E-state index in [1.165, 1.54) is 36.4 Å². The van der Waals surface area contributed by atoms with Crippen LogP contribution in [0.1, 0.15) is 0 Å². The molecule has 0 amide bonds. The Labute approximate surface area is 133 Å². The van der Waals surface area contributed by atoms with E-state index in [0.717, 1.165) is 0 Å². The molecule has 0 aromatic heterocycles. The number of nitrogens with zero attached hydrogens (tertiary/aromatic N) is 1. The van der Waals surface area contributed by atoms with Crippen molar-refractivity contribution < 1.29 is 16.8 Å². The third kappa shape index (κ3) is 4.20. The van der Waals surface area contributed by atoms with Gasteiger partial charge in [-0.15, -0.1) is 4.40 Å². The molecular formula is C13H14N4O4S2. The number of nitrogens with one attached hydrogen (secondary N) is 1. The monoisotopic (exact) mass is 354 g/mol. The van der Waals surface area contributed by atoms with E-state index in [-0.39, 0.29) is 15.5 Å². The molecule has 0 atom stereocenters. The van der Waals surface area contributed by atoms with Crippen molar-refractivity contribution in [2.24, 2.45) is 15.9 Å². The Morgan fingerprint density at radius 2 is 1.39 bits per heavy atom. The first-order valence-corrected chi connectivity index (χ1v) is 9.17. The zero-order chi connectivity index (χ0) is 17.1. The van der Waals surface area contributed by atoms with E-state index in [1.54, 1.807) is 18.2 Å². The van der Waals surface area contributed by atoms with E-state index in [0.29, 0.717) is 0 Å².